The third-order valence-corrected chi connectivity index (χ3v) is 14.6. The number of methoxy groups -OCH3 is 3. The Morgan fingerprint density at radius 3 is 2.12 bits per heavy atom. The van der Waals surface area contributed by atoms with Crippen molar-refractivity contribution in [2.24, 2.45) is 23.7 Å². The molecule has 0 aliphatic carbocycles. The maximum Gasteiger partial charge on any atom is 0.325 e. The second kappa shape index (κ2) is 34.2. The van der Waals surface area contributed by atoms with Gasteiger partial charge in [-0.05, 0) is 75.5 Å². The lowest BCUT2D eigenvalue weighted by molar-refractivity contribution is -0.385. The number of nitro benzene ring substituents is 1. The zero-order valence-electron chi connectivity index (χ0n) is 46.8. The first-order valence-corrected chi connectivity index (χ1v) is 26.7. The number of hydrogen-bond acceptors (Lipinski definition) is 13. The number of aldehydes is 1. The number of ether oxygens (including phenoxy) is 4. The van der Waals surface area contributed by atoms with Gasteiger partial charge in [-0.3, -0.25) is 43.8 Å². The molecule has 18 nitrogen and oxygen atoms in total. The molecule has 0 radical (unpaired) electrons. The van der Waals surface area contributed by atoms with Gasteiger partial charge in [-0.15, -0.1) is 0 Å². The summed E-state index contributed by atoms with van der Waals surface area (Å²) in [6.45, 7) is 19.5. The Kier molecular flexibility index (Phi) is 29.9. The Morgan fingerprint density at radius 1 is 0.905 bits per heavy atom. The number of amides is 4. The number of nitrogens with zero attached hydrogens (tertiary/aromatic N) is 4. The van der Waals surface area contributed by atoms with Crippen LogP contribution in [-0.2, 0) is 38.2 Å². The molecule has 2 aromatic carbocycles. The smallest absolute Gasteiger partial charge is 0.325 e. The summed E-state index contributed by atoms with van der Waals surface area (Å²) in [5.41, 5.74) is 1.03. The zero-order chi connectivity index (χ0) is 55.5. The van der Waals surface area contributed by atoms with E-state index in [1.165, 1.54) is 45.4 Å². The fraction of sp³-hybridized carbons (Fsp3) is 0.679. The quantitative estimate of drug-likeness (QED) is 0.0287. The van der Waals surface area contributed by atoms with Crippen LogP contribution < -0.4 is 15.4 Å². The molecule has 2 heterocycles. The molecular formula is C56H90N6O12. The first-order valence-electron chi connectivity index (χ1n) is 26.7. The second-order valence-corrected chi connectivity index (χ2v) is 19.8. The van der Waals surface area contributed by atoms with Crippen molar-refractivity contribution in [2.45, 2.75) is 163 Å². The molecule has 0 spiro atoms. The standard InChI is InChI=1S/C46H74N6O12.C7H8.C3H8/c1-11-29(3)42(38(61-8)25-39(54)50-22-17-18-36(50)44(63-10)32(6)45(57)48-27-41(56)62-9)49(7)40(55)26-47-46(58)43-31(5)30(4)35(12-2)51(43)21-15-13-14-16-23-64-34-20-19-33(28-53)37(24-34)52(59)60;1-7-5-3-2-4-6-7;1-3-2/h19-20,24,28-32,35-36,38,42-44H,11-18,21-23,25-27H2,1-10H3,(H,47,58)(H,48,57);2-6H,1H3;3H2,1-2H3. The minimum atomic E-state index is -0.663. The van der Waals surface area contributed by atoms with Gasteiger partial charge >= 0.3 is 5.97 Å². The van der Waals surface area contributed by atoms with Crippen LogP contribution in [0, 0.1) is 40.7 Å². The summed E-state index contributed by atoms with van der Waals surface area (Å²) in [5, 5.41) is 16.8. The number of esters is 1. The van der Waals surface area contributed by atoms with Gasteiger partial charge < -0.3 is 39.4 Å². The lowest BCUT2D eigenvalue weighted by Crippen LogP contribution is -2.55. The van der Waals surface area contributed by atoms with Crippen molar-refractivity contribution in [3.8, 4) is 5.75 Å². The number of hydrogen-bond donors (Lipinski definition) is 2. The lowest BCUT2D eigenvalue weighted by Gasteiger charge is -2.39. The van der Waals surface area contributed by atoms with Crippen LogP contribution in [0.5, 0.6) is 5.75 Å². The third kappa shape index (κ3) is 19.3. The monoisotopic (exact) mass is 1040 g/mol. The summed E-state index contributed by atoms with van der Waals surface area (Å²) >= 11 is 0. The molecule has 2 saturated heterocycles. The zero-order valence-corrected chi connectivity index (χ0v) is 46.8. The van der Waals surface area contributed by atoms with Gasteiger partial charge in [0, 0.05) is 33.9 Å². The number of benzene rings is 2. The van der Waals surface area contributed by atoms with Crippen LogP contribution in [0.2, 0.25) is 0 Å². The van der Waals surface area contributed by atoms with E-state index in [4.69, 9.17) is 14.2 Å². The maximum absolute atomic E-state index is 14.1. The molecule has 4 amide bonds. The van der Waals surface area contributed by atoms with Crippen molar-refractivity contribution in [1.29, 1.82) is 0 Å². The van der Waals surface area contributed by atoms with Crippen molar-refractivity contribution in [1.82, 2.24) is 25.3 Å². The molecule has 2 aromatic rings. The summed E-state index contributed by atoms with van der Waals surface area (Å²) in [6.07, 6.45) is 6.68. The van der Waals surface area contributed by atoms with Gasteiger partial charge in [-0.25, -0.2) is 0 Å². The Bertz CT molecular complexity index is 2040. The highest BCUT2D eigenvalue weighted by atomic mass is 16.6. The number of aryl methyl sites for hydroxylation is 1. The summed E-state index contributed by atoms with van der Waals surface area (Å²) < 4.78 is 22.1. The number of rotatable bonds is 27. The Hall–Kier alpha value is -5.46. The van der Waals surface area contributed by atoms with E-state index in [1.54, 1.807) is 29.8 Å². The first-order chi connectivity index (χ1) is 35.3. The number of likely N-dealkylation sites (tertiary alicyclic amines) is 2. The fourth-order valence-electron chi connectivity index (χ4n) is 10.2. The average Bonchev–Trinajstić information content (AvgIpc) is 3.98. The molecule has 10 unspecified atom stereocenters. The highest BCUT2D eigenvalue weighted by molar-refractivity contribution is 5.88. The van der Waals surface area contributed by atoms with Gasteiger partial charge in [-0.1, -0.05) is 117 Å². The van der Waals surface area contributed by atoms with Gasteiger partial charge in [0.1, 0.15) is 12.3 Å². The van der Waals surface area contributed by atoms with Crippen LogP contribution in [0.4, 0.5) is 5.69 Å². The molecular weight excluding hydrogens is 949 g/mol. The molecule has 2 aliphatic rings. The number of carbonyl (C=O) groups is 6. The molecule has 18 heteroatoms. The van der Waals surface area contributed by atoms with Crippen LogP contribution >= 0.6 is 0 Å². The van der Waals surface area contributed by atoms with Gasteiger partial charge in [-0.2, -0.15) is 0 Å². The lowest BCUT2D eigenvalue weighted by atomic mass is 9.89. The number of carbonyl (C=O) groups excluding carboxylic acids is 6. The van der Waals surface area contributed by atoms with Crippen molar-refractivity contribution < 1.29 is 52.6 Å². The van der Waals surface area contributed by atoms with E-state index in [0.717, 1.165) is 38.5 Å². The molecule has 0 saturated carbocycles. The fourth-order valence-corrected chi connectivity index (χ4v) is 10.2. The summed E-state index contributed by atoms with van der Waals surface area (Å²) in [6, 6.07) is 13.4. The van der Waals surface area contributed by atoms with Crippen molar-refractivity contribution in [2.75, 3.05) is 61.2 Å². The molecule has 416 valence electrons. The van der Waals surface area contributed by atoms with Crippen LogP contribution in [0.25, 0.3) is 0 Å². The highest BCUT2D eigenvalue weighted by Crippen LogP contribution is 2.37. The molecule has 10 atom stereocenters. The van der Waals surface area contributed by atoms with Crippen LogP contribution in [0.3, 0.4) is 0 Å². The molecule has 2 fully saturated rings. The molecule has 0 bridgehead atoms. The topological polar surface area (TPSA) is 216 Å². The van der Waals surface area contributed by atoms with Gasteiger partial charge in [0.2, 0.25) is 23.6 Å². The average molecular weight is 1040 g/mol. The predicted molar refractivity (Wildman–Crippen MR) is 287 cm³/mol. The highest BCUT2D eigenvalue weighted by Gasteiger charge is 2.47. The summed E-state index contributed by atoms with van der Waals surface area (Å²) in [7, 11) is 5.96. The minimum absolute atomic E-state index is 0.00200. The summed E-state index contributed by atoms with van der Waals surface area (Å²) in [5.74, 6) is -1.70. The van der Waals surface area contributed by atoms with Gasteiger partial charge in [0.15, 0.2) is 6.29 Å². The van der Waals surface area contributed by atoms with E-state index in [9.17, 15) is 38.9 Å². The molecule has 0 aromatic heterocycles. The van der Waals surface area contributed by atoms with E-state index < -0.39 is 41.1 Å². The molecule has 2 aliphatic heterocycles. The van der Waals surface area contributed by atoms with Crippen LogP contribution in [0.1, 0.15) is 136 Å². The minimum Gasteiger partial charge on any atom is -0.493 e. The van der Waals surface area contributed by atoms with Gasteiger partial charge in [0.05, 0.1) is 79.5 Å². The second-order valence-electron chi connectivity index (χ2n) is 19.8. The number of nitro groups is 1. The maximum atomic E-state index is 14.1. The Balaban J connectivity index is 0.00000168. The Labute approximate surface area is 441 Å². The Morgan fingerprint density at radius 2 is 1.57 bits per heavy atom. The van der Waals surface area contributed by atoms with E-state index in [1.807, 2.05) is 32.0 Å². The van der Waals surface area contributed by atoms with Crippen molar-refractivity contribution >= 4 is 41.6 Å². The van der Waals surface area contributed by atoms with Crippen molar-refractivity contribution in [3.63, 3.8) is 0 Å². The third-order valence-electron chi connectivity index (χ3n) is 14.6. The predicted octanol–water partition coefficient (Wildman–Crippen LogP) is 7.82. The SMILES string of the molecule is CCC.CCC(C)C(C(CC(=O)N1CCCC1C(OC)C(C)C(=O)NCC(=O)OC)OC)N(C)C(=O)CNC(=O)C1C(C)C(C)C(CC)N1CCCCCCOc1ccc(C=O)c([N+](=O)[O-])c1.Cc1ccccc1. The van der Waals surface area contributed by atoms with E-state index in [0.29, 0.717) is 44.6 Å². The number of unbranched alkanes of at least 4 members (excludes halogenated alkanes) is 3. The summed E-state index contributed by atoms with van der Waals surface area (Å²) in [4.78, 5) is 94.0. The van der Waals surface area contributed by atoms with Crippen LogP contribution in [0.15, 0.2) is 48.5 Å². The molecule has 2 N–H and O–H groups in total. The first kappa shape index (κ1) is 64.7. The molecule has 4 rings (SSSR count). The normalized spacial score (nSPS) is 20.2. The molecule has 74 heavy (non-hydrogen) atoms. The largest absolute Gasteiger partial charge is 0.493 e. The van der Waals surface area contributed by atoms with Crippen molar-refractivity contribution in [3.05, 3.63) is 69.8 Å². The van der Waals surface area contributed by atoms with Gasteiger partial charge in [0.25, 0.3) is 5.69 Å². The number of likely N-dealkylation sites (N-methyl/N-ethyl adjacent to an activating group) is 1. The van der Waals surface area contributed by atoms with Crippen LogP contribution in [-0.4, -0.2) is 153 Å². The number of nitrogens with one attached hydrogen (secondary N) is 2. The van der Waals surface area contributed by atoms with E-state index in [-0.39, 0.29) is 84.2 Å². The van der Waals surface area contributed by atoms with E-state index >= 15 is 0 Å². The van der Waals surface area contributed by atoms with E-state index in [2.05, 4.69) is 73.9 Å².